The molecule has 0 saturated carbocycles. The number of anilines is 1. The van der Waals surface area contributed by atoms with Gasteiger partial charge < -0.3 is 19.8 Å². The van der Waals surface area contributed by atoms with E-state index in [1.807, 2.05) is 32.9 Å². The summed E-state index contributed by atoms with van der Waals surface area (Å²) in [7, 11) is -3.56. The Morgan fingerprint density at radius 3 is 2.39 bits per heavy atom. The second-order valence-electron chi connectivity index (χ2n) is 10.6. The molecule has 2 heterocycles. The number of carbonyl (C=O) groups excluding carboxylic acids is 1. The highest BCUT2D eigenvalue weighted by Crippen LogP contribution is 2.44. The van der Waals surface area contributed by atoms with Gasteiger partial charge in [-0.25, -0.2) is 25.1 Å². The van der Waals surface area contributed by atoms with Gasteiger partial charge in [-0.1, -0.05) is 23.7 Å². The lowest BCUT2D eigenvalue weighted by atomic mass is 9.96. The minimum Gasteiger partial charge on any atom is -0.462 e. The van der Waals surface area contributed by atoms with Crippen LogP contribution in [0, 0.1) is 0 Å². The molecule has 3 rings (SSSR count). The molecule has 38 heavy (non-hydrogen) atoms. The number of carbonyl (C=O) groups is 1. The first-order valence-corrected chi connectivity index (χ1v) is 14.6. The van der Waals surface area contributed by atoms with Crippen molar-refractivity contribution in [1.82, 2.24) is 29.7 Å². The van der Waals surface area contributed by atoms with Crippen molar-refractivity contribution in [2.45, 2.75) is 78.3 Å². The molecular formula is C25H37ClN7O4P. The zero-order valence-electron chi connectivity index (χ0n) is 22.9. The molecule has 0 amide bonds. The molecule has 0 aliphatic heterocycles. The van der Waals surface area contributed by atoms with Crippen LogP contribution in [-0.4, -0.2) is 49.6 Å². The van der Waals surface area contributed by atoms with Crippen LogP contribution in [0.1, 0.15) is 54.0 Å². The first-order chi connectivity index (χ1) is 17.6. The first kappa shape index (κ1) is 30.0. The van der Waals surface area contributed by atoms with E-state index in [9.17, 15) is 9.36 Å². The van der Waals surface area contributed by atoms with Crippen molar-refractivity contribution in [2.75, 3.05) is 12.1 Å². The van der Waals surface area contributed by atoms with Crippen LogP contribution in [0.5, 0.6) is 0 Å². The zero-order chi connectivity index (χ0) is 28.3. The van der Waals surface area contributed by atoms with Crippen molar-refractivity contribution < 1.29 is 18.8 Å². The predicted octanol–water partition coefficient (Wildman–Crippen LogP) is 4.46. The van der Waals surface area contributed by atoms with Gasteiger partial charge in [0.2, 0.25) is 7.44 Å². The minimum absolute atomic E-state index is 0.201. The normalized spacial score (nSPS) is 15.0. The Bertz CT molecular complexity index is 1310. The molecule has 1 aromatic carbocycles. The topological polar surface area (TPSA) is 146 Å². The van der Waals surface area contributed by atoms with Crippen LogP contribution in [0.3, 0.4) is 0 Å². The quantitative estimate of drug-likeness (QED) is 0.212. The summed E-state index contributed by atoms with van der Waals surface area (Å²) < 4.78 is 27.7. The van der Waals surface area contributed by atoms with Crippen LogP contribution in [-0.2, 0) is 30.9 Å². The number of nitrogens with one attached hydrogen (secondary N) is 2. The highest BCUT2D eigenvalue weighted by Gasteiger charge is 2.41. The van der Waals surface area contributed by atoms with Crippen LogP contribution in [0.25, 0.3) is 11.2 Å². The van der Waals surface area contributed by atoms with Crippen molar-refractivity contribution >= 4 is 42.0 Å². The predicted molar refractivity (Wildman–Crippen MR) is 149 cm³/mol. The minimum atomic E-state index is -3.56. The average molecular weight is 566 g/mol. The first-order valence-electron chi connectivity index (χ1n) is 12.3. The molecular weight excluding hydrogens is 529 g/mol. The Morgan fingerprint density at radius 1 is 1.11 bits per heavy atom. The van der Waals surface area contributed by atoms with Gasteiger partial charge in [-0.3, -0.25) is 9.36 Å². The molecule has 208 valence electrons. The highest BCUT2D eigenvalue weighted by molar-refractivity contribution is 7.59. The molecule has 0 radical (unpaired) electrons. The Labute approximate surface area is 228 Å². The standard InChI is InChI=1S/C25H37ClN7O4P/c1-16(2)37-23(34)25(6,7)32-38(35,31-24(4,5)18-8-10-19(26)11-9-18)15-36-17(3)12-33-14-30-20-21(27)28-13-29-22(20)33/h8-11,13-14,16-17H,12,15H2,1-7H3,(H2,27,28,29)(H2,31,32,35)/t17-,38?/m1/s1. The molecule has 4 N–H and O–H groups in total. The Kier molecular flexibility index (Phi) is 9.21. The fourth-order valence-electron chi connectivity index (χ4n) is 3.93. The fourth-order valence-corrected chi connectivity index (χ4v) is 6.73. The smallest absolute Gasteiger partial charge is 0.326 e. The van der Waals surface area contributed by atoms with E-state index in [0.717, 1.165) is 5.56 Å². The number of nitrogens with two attached hydrogens (primary N) is 1. The molecule has 13 heteroatoms. The van der Waals surface area contributed by atoms with Crippen LogP contribution in [0.2, 0.25) is 5.02 Å². The maximum Gasteiger partial charge on any atom is 0.326 e. The van der Waals surface area contributed by atoms with E-state index in [2.05, 4.69) is 25.1 Å². The lowest BCUT2D eigenvalue weighted by Crippen LogP contribution is -2.51. The molecule has 2 aromatic heterocycles. The van der Waals surface area contributed by atoms with Crippen LogP contribution < -0.4 is 15.9 Å². The molecule has 0 bridgehead atoms. The maximum absolute atomic E-state index is 14.4. The Hall–Kier alpha value is -2.56. The van der Waals surface area contributed by atoms with Crippen LogP contribution in [0.15, 0.2) is 36.9 Å². The third-order valence-electron chi connectivity index (χ3n) is 5.76. The fraction of sp³-hybridized carbons (Fsp3) is 0.520. The summed E-state index contributed by atoms with van der Waals surface area (Å²) in [6.45, 7) is 12.8. The molecule has 0 saturated heterocycles. The van der Waals surface area contributed by atoms with Crippen molar-refractivity contribution in [1.29, 1.82) is 0 Å². The van der Waals surface area contributed by atoms with Crippen LogP contribution in [0.4, 0.5) is 5.82 Å². The largest absolute Gasteiger partial charge is 0.462 e. The van der Waals surface area contributed by atoms with E-state index in [1.165, 1.54) is 6.33 Å². The third kappa shape index (κ3) is 7.51. The number of hydrogen-bond acceptors (Lipinski definition) is 8. The number of nitrogens with zero attached hydrogens (tertiary/aromatic N) is 4. The van der Waals surface area contributed by atoms with Gasteiger partial charge in [0, 0.05) is 10.6 Å². The van der Waals surface area contributed by atoms with Gasteiger partial charge >= 0.3 is 5.97 Å². The summed E-state index contributed by atoms with van der Waals surface area (Å²) in [5, 5.41) is 6.86. The number of fused-ring (bicyclic) bond motifs is 1. The molecule has 11 nitrogen and oxygen atoms in total. The van der Waals surface area contributed by atoms with Gasteiger partial charge in [-0.05, 0) is 66.2 Å². The van der Waals surface area contributed by atoms with Gasteiger partial charge in [-0.2, -0.15) is 0 Å². The van der Waals surface area contributed by atoms with Crippen molar-refractivity contribution in [3.8, 4) is 0 Å². The number of imidazole rings is 1. The second kappa shape index (κ2) is 11.7. The summed E-state index contributed by atoms with van der Waals surface area (Å²) in [5.74, 6) is -0.228. The summed E-state index contributed by atoms with van der Waals surface area (Å²) in [5.41, 5.74) is 5.81. The number of esters is 1. The van der Waals surface area contributed by atoms with Gasteiger partial charge in [-0.15, -0.1) is 0 Å². The number of aromatic nitrogens is 4. The molecule has 3 aromatic rings. The Balaban J connectivity index is 1.82. The number of ether oxygens (including phenoxy) is 2. The van der Waals surface area contributed by atoms with E-state index < -0.39 is 24.5 Å². The highest BCUT2D eigenvalue weighted by atomic mass is 35.5. The molecule has 0 spiro atoms. The van der Waals surface area contributed by atoms with E-state index in [0.29, 0.717) is 28.5 Å². The third-order valence-corrected chi connectivity index (χ3v) is 8.37. The van der Waals surface area contributed by atoms with Crippen molar-refractivity contribution in [2.24, 2.45) is 0 Å². The number of hydrogen-bond donors (Lipinski definition) is 3. The summed E-state index contributed by atoms with van der Waals surface area (Å²) in [6.07, 6.45) is 2.08. The maximum atomic E-state index is 14.4. The average Bonchev–Trinajstić information content (AvgIpc) is 3.21. The molecule has 0 aliphatic carbocycles. The lowest BCUT2D eigenvalue weighted by Gasteiger charge is -2.37. The Morgan fingerprint density at radius 2 is 1.76 bits per heavy atom. The SMILES string of the molecule is CC(C)OC(=O)C(C)(C)NP(=O)(CO[C@H](C)Cn1cnc2c(N)ncnc21)NC(C)(C)c1ccc(Cl)cc1. The second-order valence-corrected chi connectivity index (χ2v) is 13.2. The van der Waals surface area contributed by atoms with E-state index in [4.69, 9.17) is 26.8 Å². The monoisotopic (exact) mass is 565 g/mol. The number of benzene rings is 1. The molecule has 1 unspecified atom stereocenters. The van der Waals surface area contributed by atoms with E-state index in [1.54, 1.807) is 50.7 Å². The summed E-state index contributed by atoms with van der Waals surface area (Å²) in [4.78, 5) is 25.3. The van der Waals surface area contributed by atoms with Gasteiger partial charge in [0.15, 0.2) is 11.5 Å². The molecule has 2 atom stereocenters. The van der Waals surface area contributed by atoms with E-state index >= 15 is 0 Å². The van der Waals surface area contributed by atoms with Gasteiger partial charge in [0.05, 0.1) is 25.1 Å². The molecule has 0 fully saturated rings. The number of halogens is 1. The summed E-state index contributed by atoms with van der Waals surface area (Å²) >= 11 is 6.07. The number of rotatable bonds is 12. The van der Waals surface area contributed by atoms with E-state index in [-0.39, 0.29) is 18.6 Å². The van der Waals surface area contributed by atoms with Crippen molar-refractivity contribution in [3.63, 3.8) is 0 Å². The summed E-state index contributed by atoms with van der Waals surface area (Å²) in [6, 6.07) is 7.26. The van der Waals surface area contributed by atoms with Gasteiger partial charge in [0.1, 0.15) is 23.7 Å². The van der Waals surface area contributed by atoms with Gasteiger partial charge in [0.25, 0.3) is 0 Å². The number of nitrogen functional groups attached to an aromatic ring is 1. The molecule has 0 aliphatic rings. The van der Waals surface area contributed by atoms with Crippen molar-refractivity contribution in [3.05, 3.63) is 47.5 Å². The lowest BCUT2D eigenvalue weighted by molar-refractivity contribution is -0.153. The van der Waals surface area contributed by atoms with Crippen LogP contribution >= 0.6 is 19.0 Å². The zero-order valence-corrected chi connectivity index (χ0v) is 24.5.